The molecule has 0 atom stereocenters. The van der Waals surface area contributed by atoms with Gasteiger partial charge in [0.15, 0.2) is 0 Å². The van der Waals surface area contributed by atoms with Gasteiger partial charge in [-0.25, -0.2) is 0 Å². The van der Waals surface area contributed by atoms with Crippen molar-refractivity contribution in [1.82, 2.24) is 5.32 Å². The van der Waals surface area contributed by atoms with Crippen LogP contribution >= 0.6 is 0 Å². The number of hydrogen-bond acceptors (Lipinski definition) is 2. The minimum Gasteiger partial charge on any atom is -0.464 e. The Balaban J connectivity index is 2.30. The number of rotatable bonds is 5. The molecule has 108 valence electrons. The summed E-state index contributed by atoms with van der Waals surface area (Å²) < 4.78 is 5.59. The van der Waals surface area contributed by atoms with Crippen molar-refractivity contribution in [3.8, 4) is 0 Å². The van der Waals surface area contributed by atoms with Crippen LogP contribution in [0.25, 0.3) is 11.0 Å². The van der Waals surface area contributed by atoms with Crippen LogP contribution < -0.4 is 5.32 Å². The van der Waals surface area contributed by atoms with Crippen molar-refractivity contribution < 1.29 is 9.21 Å². The van der Waals surface area contributed by atoms with E-state index in [2.05, 4.69) is 38.2 Å². The molecule has 0 bridgehead atoms. The highest BCUT2D eigenvalue weighted by molar-refractivity contribution is 5.88. The Hall–Kier alpha value is -1.77. The second-order valence-corrected chi connectivity index (χ2v) is 5.65. The number of benzene rings is 1. The summed E-state index contributed by atoms with van der Waals surface area (Å²) in [6.45, 7) is 9.24. The predicted octanol–water partition coefficient (Wildman–Crippen LogP) is 3.93. The molecule has 1 aromatic heterocycles. The second-order valence-electron chi connectivity index (χ2n) is 5.65. The first-order valence-corrected chi connectivity index (χ1v) is 7.30. The number of aryl methyl sites for hydroxylation is 1. The molecule has 1 aromatic carbocycles. The van der Waals surface area contributed by atoms with Gasteiger partial charge in [-0.3, -0.25) is 4.79 Å². The third kappa shape index (κ3) is 3.03. The third-order valence-corrected chi connectivity index (χ3v) is 3.59. The number of fused-ring (bicyclic) bond motifs is 1. The van der Waals surface area contributed by atoms with E-state index in [0.29, 0.717) is 12.3 Å². The molecule has 0 unspecified atom stereocenters. The van der Waals surface area contributed by atoms with Gasteiger partial charge in [0, 0.05) is 17.5 Å². The first kappa shape index (κ1) is 14.6. The summed E-state index contributed by atoms with van der Waals surface area (Å²) in [4.78, 5) is 11.8. The van der Waals surface area contributed by atoms with E-state index >= 15 is 0 Å². The molecular weight excluding hydrogens is 250 g/mol. The van der Waals surface area contributed by atoms with Crippen LogP contribution in [0.2, 0.25) is 0 Å². The summed E-state index contributed by atoms with van der Waals surface area (Å²) in [5, 5.41) is 3.96. The predicted molar refractivity (Wildman–Crippen MR) is 82.0 cm³/mol. The highest BCUT2D eigenvalue weighted by Gasteiger charge is 2.13. The van der Waals surface area contributed by atoms with E-state index in [1.54, 1.807) is 6.26 Å². The standard InChI is InChI=1S/C17H23NO2/c1-5-6-18-17(19)8-13-10-20-16-7-12(4)14(11(2)3)9-15(13)16/h7,9-11H,5-6,8H2,1-4H3,(H,18,19). The molecule has 0 spiro atoms. The Morgan fingerprint density at radius 3 is 2.75 bits per heavy atom. The van der Waals surface area contributed by atoms with Crippen LogP contribution in [0.4, 0.5) is 0 Å². The maximum Gasteiger partial charge on any atom is 0.224 e. The monoisotopic (exact) mass is 273 g/mol. The van der Waals surface area contributed by atoms with Gasteiger partial charge in [-0.2, -0.15) is 0 Å². The summed E-state index contributed by atoms with van der Waals surface area (Å²) in [5.74, 6) is 0.525. The molecule has 1 heterocycles. The molecular formula is C17H23NO2. The van der Waals surface area contributed by atoms with Gasteiger partial charge in [-0.1, -0.05) is 20.8 Å². The molecule has 0 saturated heterocycles. The largest absolute Gasteiger partial charge is 0.464 e. The number of hydrogen-bond donors (Lipinski definition) is 1. The molecule has 1 N–H and O–H groups in total. The van der Waals surface area contributed by atoms with Crippen LogP contribution in [0, 0.1) is 6.92 Å². The lowest BCUT2D eigenvalue weighted by Gasteiger charge is -2.10. The van der Waals surface area contributed by atoms with Crippen LogP contribution in [-0.2, 0) is 11.2 Å². The fourth-order valence-electron chi connectivity index (χ4n) is 2.50. The number of nitrogens with one attached hydrogen (secondary N) is 1. The zero-order valence-corrected chi connectivity index (χ0v) is 12.7. The van der Waals surface area contributed by atoms with E-state index < -0.39 is 0 Å². The van der Waals surface area contributed by atoms with E-state index in [1.807, 2.05) is 6.92 Å². The summed E-state index contributed by atoms with van der Waals surface area (Å²) in [6.07, 6.45) is 3.04. The van der Waals surface area contributed by atoms with Crippen LogP contribution in [0.15, 0.2) is 22.8 Å². The van der Waals surface area contributed by atoms with Crippen molar-refractivity contribution in [3.05, 3.63) is 35.1 Å². The number of carbonyl (C=O) groups is 1. The van der Waals surface area contributed by atoms with Gasteiger partial charge in [0.1, 0.15) is 5.58 Å². The first-order valence-electron chi connectivity index (χ1n) is 7.30. The van der Waals surface area contributed by atoms with E-state index in [0.717, 1.165) is 29.5 Å². The Kier molecular flexibility index (Phi) is 4.48. The minimum atomic E-state index is 0.0567. The zero-order chi connectivity index (χ0) is 14.7. The van der Waals surface area contributed by atoms with Gasteiger partial charge in [-0.15, -0.1) is 0 Å². The van der Waals surface area contributed by atoms with Crippen molar-refractivity contribution >= 4 is 16.9 Å². The minimum absolute atomic E-state index is 0.0567. The highest BCUT2D eigenvalue weighted by Crippen LogP contribution is 2.29. The van der Waals surface area contributed by atoms with Gasteiger partial charge >= 0.3 is 0 Å². The van der Waals surface area contributed by atoms with Crippen LogP contribution in [0.5, 0.6) is 0 Å². The van der Waals surface area contributed by atoms with E-state index in [1.165, 1.54) is 11.1 Å². The lowest BCUT2D eigenvalue weighted by molar-refractivity contribution is -0.120. The Morgan fingerprint density at radius 2 is 2.10 bits per heavy atom. The second kappa shape index (κ2) is 6.12. The fraction of sp³-hybridized carbons (Fsp3) is 0.471. The zero-order valence-electron chi connectivity index (χ0n) is 12.7. The molecule has 1 amide bonds. The summed E-state index contributed by atoms with van der Waals surface area (Å²) in [6, 6.07) is 4.24. The van der Waals surface area contributed by atoms with Crippen molar-refractivity contribution in [2.75, 3.05) is 6.54 Å². The van der Waals surface area contributed by atoms with Crippen LogP contribution in [0.3, 0.4) is 0 Å². The molecule has 0 aliphatic heterocycles. The maximum absolute atomic E-state index is 11.8. The summed E-state index contributed by atoms with van der Waals surface area (Å²) >= 11 is 0. The third-order valence-electron chi connectivity index (χ3n) is 3.59. The molecule has 3 nitrogen and oxygen atoms in total. The SMILES string of the molecule is CCCNC(=O)Cc1coc2cc(C)c(C(C)C)cc12. The van der Waals surface area contributed by atoms with Crippen molar-refractivity contribution in [2.24, 2.45) is 0 Å². The molecule has 20 heavy (non-hydrogen) atoms. The Bertz CT molecular complexity index is 611. The average molecular weight is 273 g/mol. The smallest absolute Gasteiger partial charge is 0.224 e. The summed E-state index contributed by atoms with van der Waals surface area (Å²) in [5.41, 5.74) is 4.39. The van der Waals surface area contributed by atoms with E-state index in [9.17, 15) is 4.79 Å². The Morgan fingerprint density at radius 1 is 1.35 bits per heavy atom. The van der Waals surface area contributed by atoms with Gasteiger partial charge in [0.05, 0.1) is 12.7 Å². The van der Waals surface area contributed by atoms with Crippen LogP contribution in [-0.4, -0.2) is 12.5 Å². The molecule has 0 radical (unpaired) electrons. The summed E-state index contributed by atoms with van der Waals surface area (Å²) in [7, 11) is 0. The lowest BCUT2D eigenvalue weighted by Crippen LogP contribution is -2.25. The van der Waals surface area contributed by atoms with E-state index in [4.69, 9.17) is 4.42 Å². The molecule has 2 rings (SSSR count). The van der Waals surface area contributed by atoms with Crippen molar-refractivity contribution in [1.29, 1.82) is 0 Å². The lowest BCUT2D eigenvalue weighted by atomic mass is 9.95. The van der Waals surface area contributed by atoms with Crippen molar-refractivity contribution in [2.45, 2.75) is 46.5 Å². The van der Waals surface area contributed by atoms with E-state index in [-0.39, 0.29) is 5.91 Å². The topological polar surface area (TPSA) is 42.2 Å². The van der Waals surface area contributed by atoms with Gasteiger partial charge in [0.25, 0.3) is 0 Å². The van der Waals surface area contributed by atoms with Crippen molar-refractivity contribution in [3.63, 3.8) is 0 Å². The molecule has 2 aromatic rings. The van der Waals surface area contributed by atoms with Gasteiger partial charge in [-0.05, 0) is 42.5 Å². The maximum atomic E-state index is 11.8. The van der Waals surface area contributed by atoms with Crippen LogP contribution in [0.1, 0.15) is 49.8 Å². The Labute approximate surface area is 120 Å². The molecule has 0 aliphatic carbocycles. The molecule has 0 fully saturated rings. The molecule has 0 aliphatic rings. The first-order chi connectivity index (χ1) is 9.52. The number of carbonyl (C=O) groups excluding carboxylic acids is 1. The average Bonchev–Trinajstić information content (AvgIpc) is 2.77. The highest BCUT2D eigenvalue weighted by atomic mass is 16.3. The normalized spacial score (nSPS) is 11.2. The van der Waals surface area contributed by atoms with Gasteiger partial charge < -0.3 is 9.73 Å². The molecule has 3 heteroatoms. The fourth-order valence-corrected chi connectivity index (χ4v) is 2.50. The quantitative estimate of drug-likeness (QED) is 0.896. The van der Waals surface area contributed by atoms with Gasteiger partial charge in [0.2, 0.25) is 5.91 Å². The molecule has 0 saturated carbocycles. The number of furan rings is 1. The number of amides is 1.